The molecule has 0 aromatic carbocycles. The molecular weight excluding hydrogens is 644 g/mol. The van der Waals surface area contributed by atoms with Crippen molar-refractivity contribution in [2.75, 3.05) is 31.1 Å². The quantitative estimate of drug-likeness (QED) is 0.398. The van der Waals surface area contributed by atoms with Crippen LogP contribution in [0.4, 0.5) is 49.9 Å². The van der Waals surface area contributed by atoms with Crippen LogP contribution in [0, 0.1) is 11.2 Å². The number of hydrogen-bond donors (Lipinski definition) is 3. The van der Waals surface area contributed by atoms with Crippen LogP contribution in [0.5, 0.6) is 0 Å². The first kappa shape index (κ1) is 38.7. The first-order chi connectivity index (χ1) is 20.6. The topological polar surface area (TPSA) is 157 Å². The average Bonchev–Trinajstić information content (AvgIpc) is 3.30. The van der Waals surface area contributed by atoms with Crippen molar-refractivity contribution in [3.8, 4) is 0 Å². The van der Waals surface area contributed by atoms with E-state index in [2.05, 4.69) is 30.8 Å². The maximum absolute atomic E-state index is 13.1. The van der Waals surface area contributed by atoms with E-state index in [4.69, 9.17) is 29.7 Å². The number of carbonyl (C=O) groups is 3. The van der Waals surface area contributed by atoms with E-state index in [1.54, 1.807) is 0 Å². The first-order valence-corrected chi connectivity index (χ1v) is 12.3. The molecule has 0 bridgehead atoms. The standard InChI is InChI=1S/C18H22FN5.3C2HF3O2/c19-16-10-21-17(22-11-16)24-7-2-4-18(14-24)5-8-23(13-18)12-15-3-1-6-20-9-15;3*3-2(4,5)1(6)7/h1,3,6,9-11H,2,4-5,7-8,12-14H2;3*(H,6,7). The first-order valence-electron chi connectivity index (χ1n) is 12.3. The van der Waals surface area contributed by atoms with Crippen molar-refractivity contribution in [3.63, 3.8) is 0 Å². The minimum absolute atomic E-state index is 0.304. The molecule has 0 aliphatic carbocycles. The molecular formula is C24H25F10N5O6. The number of rotatable bonds is 3. The number of likely N-dealkylation sites (tertiary alicyclic amines) is 1. The van der Waals surface area contributed by atoms with E-state index in [0.717, 1.165) is 39.1 Å². The number of hydrogen-bond acceptors (Lipinski definition) is 8. The van der Waals surface area contributed by atoms with Crippen LogP contribution in [0.25, 0.3) is 0 Å². The Labute approximate surface area is 247 Å². The number of pyridine rings is 1. The van der Waals surface area contributed by atoms with Crippen LogP contribution >= 0.6 is 0 Å². The maximum Gasteiger partial charge on any atom is 0.490 e. The molecule has 4 heterocycles. The van der Waals surface area contributed by atoms with Gasteiger partial charge in [-0.25, -0.2) is 28.7 Å². The third-order valence-electron chi connectivity index (χ3n) is 5.92. The molecule has 2 aliphatic rings. The smallest absolute Gasteiger partial charge is 0.475 e. The van der Waals surface area contributed by atoms with Crippen molar-refractivity contribution in [2.45, 2.75) is 44.3 Å². The van der Waals surface area contributed by atoms with Gasteiger partial charge >= 0.3 is 36.4 Å². The molecule has 2 aromatic heterocycles. The summed E-state index contributed by atoms with van der Waals surface area (Å²) in [5, 5.41) is 21.4. The van der Waals surface area contributed by atoms with E-state index < -0.39 is 36.4 Å². The Morgan fingerprint density at radius 2 is 1.27 bits per heavy atom. The number of aromatic nitrogens is 3. The fourth-order valence-electron chi connectivity index (χ4n) is 4.09. The van der Waals surface area contributed by atoms with Gasteiger partial charge < -0.3 is 20.2 Å². The van der Waals surface area contributed by atoms with Crippen molar-refractivity contribution in [1.82, 2.24) is 19.9 Å². The Morgan fingerprint density at radius 1 is 0.778 bits per heavy atom. The predicted octanol–water partition coefficient (Wildman–Crippen LogP) is 4.40. The minimum atomic E-state index is -5.08. The number of anilines is 1. The van der Waals surface area contributed by atoms with Crippen LogP contribution in [-0.4, -0.2) is 97.8 Å². The highest BCUT2D eigenvalue weighted by molar-refractivity contribution is 5.73. The lowest BCUT2D eigenvalue weighted by Crippen LogP contribution is -2.45. The summed E-state index contributed by atoms with van der Waals surface area (Å²) in [6.07, 6.45) is -5.39. The summed E-state index contributed by atoms with van der Waals surface area (Å²) >= 11 is 0. The third kappa shape index (κ3) is 14.4. The summed E-state index contributed by atoms with van der Waals surface area (Å²) in [4.78, 5) is 44.0. The largest absolute Gasteiger partial charge is 0.490 e. The van der Waals surface area contributed by atoms with Crippen molar-refractivity contribution in [1.29, 1.82) is 0 Å². The lowest BCUT2D eigenvalue weighted by Gasteiger charge is -2.40. The molecule has 11 nitrogen and oxygen atoms in total. The zero-order chi connectivity index (χ0) is 34.6. The van der Waals surface area contributed by atoms with Gasteiger partial charge in [-0.1, -0.05) is 6.07 Å². The summed E-state index contributed by atoms with van der Waals surface area (Å²) in [6.45, 7) is 5.09. The molecule has 1 spiro atoms. The Morgan fingerprint density at radius 3 is 1.69 bits per heavy atom. The van der Waals surface area contributed by atoms with Crippen LogP contribution in [0.1, 0.15) is 24.8 Å². The van der Waals surface area contributed by atoms with Crippen LogP contribution in [-0.2, 0) is 20.9 Å². The van der Waals surface area contributed by atoms with E-state index in [0.29, 0.717) is 11.4 Å². The molecule has 0 amide bonds. The van der Waals surface area contributed by atoms with E-state index in [9.17, 15) is 43.9 Å². The molecule has 21 heteroatoms. The monoisotopic (exact) mass is 669 g/mol. The summed E-state index contributed by atoms with van der Waals surface area (Å²) in [5.41, 5.74) is 1.57. The highest BCUT2D eigenvalue weighted by atomic mass is 19.4. The molecule has 1 atom stereocenters. The summed E-state index contributed by atoms with van der Waals surface area (Å²) in [5.74, 6) is -8.00. The summed E-state index contributed by atoms with van der Waals surface area (Å²) in [7, 11) is 0. The van der Waals surface area contributed by atoms with E-state index in [1.807, 2.05) is 18.5 Å². The minimum Gasteiger partial charge on any atom is -0.475 e. The molecule has 1 unspecified atom stereocenters. The van der Waals surface area contributed by atoms with E-state index in [1.165, 1.54) is 30.8 Å². The molecule has 0 radical (unpaired) electrons. The highest BCUT2D eigenvalue weighted by Crippen LogP contribution is 2.40. The second-order valence-electron chi connectivity index (χ2n) is 9.46. The normalized spacial score (nSPS) is 18.4. The van der Waals surface area contributed by atoms with Crippen LogP contribution < -0.4 is 4.90 Å². The van der Waals surface area contributed by atoms with Gasteiger partial charge in [-0.2, -0.15) is 39.5 Å². The van der Waals surface area contributed by atoms with Gasteiger partial charge in [0.05, 0.1) is 12.4 Å². The van der Waals surface area contributed by atoms with Gasteiger partial charge in [0.1, 0.15) is 0 Å². The molecule has 2 fully saturated rings. The van der Waals surface area contributed by atoms with Crippen molar-refractivity contribution >= 4 is 23.9 Å². The maximum atomic E-state index is 13.1. The Hall–Kier alpha value is -4.30. The van der Waals surface area contributed by atoms with Crippen LogP contribution in [0.3, 0.4) is 0 Å². The fourth-order valence-corrected chi connectivity index (χ4v) is 4.09. The summed E-state index contributed by atoms with van der Waals surface area (Å²) < 4.78 is 108. The SMILES string of the molecule is Fc1cnc(N2CCCC3(CCN(Cc4cccnc4)C3)C2)nc1.O=C(O)C(F)(F)F.O=C(O)C(F)(F)F.O=C(O)C(F)(F)F. The summed E-state index contributed by atoms with van der Waals surface area (Å²) in [6, 6.07) is 4.13. The van der Waals surface area contributed by atoms with Gasteiger partial charge in [0.25, 0.3) is 0 Å². The number of aliphatic carboxylic acids is 3. The Balaban J connectivity index is 0.000000396. The molecule has 3 N–H and O–H groups in total. The molecule has 2 saturated heterocycles. The lowest BCUT2D eigenvalue weighted by atomic mass is 9.79. The number of alkyl halides is 9. The molecule has 0 saturated carbocycles. The Kier molecular flexibility index (Phi) is 13.9. The van der Waals surface area contributed by atoms with Crippen LogP contribution in [0.2, 0.25) is 0 Å². The Bertz CT molecular complexity index is 1190. The number of carboxylic acid groups (broad SMARTS) is 3. The molecule has 252 valence electrons. The van der Waals surface area contributed by atoms with Crippen molar-refractivity contribution in [2.24, 2.45) is 5.41 Å². The molecule has 4 rings (SSSR count). The molecule has 2 aliphatic heterocycles. The van der Waals surface area contributed by atoms with Gasteiger partial charge in [0.15, 0.2) is 5.82 Å². The van der Waals surface area contributed by atoms with E-state index in [-0.39, 0.29) is 5.82 Å². The number of piperidine rings is 1. The number of carboxylic acids is 3. The third-order valence-corrected chi connectivity index (χ3v) is 5.92. The van der Waals surface area contributed by atoms with Gasteiger partial charge in [0, 0.05) is 44.0 Å². The van der Waals surface area contributed by atoms with Crippen LogP contribution in [0.15, 0.2) is 36.9 Å². The van der Waals surface area contributed by atoms with Gasteiger partial charge in [-0.15, -0.1) is 0 Å². The lowest BCUT2D eigenvalue weighted by molar-refractivity contribution is -0.193. The highest BCUT2D eigenvalue weighted by Gasteiger charge is 2.42. The number of halogens is 10. The van der Waals surface area contributed by atoms with Gasteiger partial charge in [-0.05, 0) is 37.4 Å². The zero-order valence-corrected chi connectivity index (χ0v) is 22.7. The number of nitrogens with zero attached hydrogens (tertiary/aromatic N) is 5. The second kappa shape index (κ2) is 16.1. The predicted molar refractivity (Wildman–Crippen MR) is 131 cm³/mol. The average molecular weight is 669 g/mol. The molecule has 45 heavy (non-hydrogen) atoms. The fraction of sp³-hybridized carbons (Fsp3) is 0.500. The second-order valence-corrected chi connectivity index (χ2v) is 9.46. The van der Waals surface area contributed by atoms with Gasteiger partial charge in [-0.3, -0.25) is 9.88 Å². The van der Waals surface area contributed by atoms with Crippen molar-refractivity contribution < 1.29 is 73.6 Å². The van der Waals surface area contributed by atoms with E-state index >= 15 is 0 Å². The van der Waals surface area contributed by atoms with Crippen molar-refractivity contribution in [3.05, 3.63) is 48.3 Å². The van der Waals surface area contributed by atoms with Gasteiger partial charge in [0.2, 0.25) is 5.95 Å². The molecule has 2 aromatic rings. The zero-order valence-electron chi connectivity index (χ0n) is 22.7.